The Labute approximate surface area is 178 Å². The summed E-state index contributed by atoms with van der Waals surface area (Å²) in [5, 5.41) is 0. The van der Waals surface area contributed by atoms with Gasteiger partial charge in [-0.1, -0.05) is 65.8 Å². The smallest absolute Gasteiger partial charge is 0.242 e. The van der Waals surface area contributed by atoms with Gasteiger partial charge in [0.15, 0.2) is 0 Å². The van der Waals surface area contributed by atoms with Crippen LogP contribution in [0.2, 0.25) is 0 Å². The van der Waals surface area contributed by atoms with E-state index >= 15 is 0 Å². The summed E-state index contributed by atoms with van der Waals surface area (Å²) < 4.78 is 42.8. The van der Waals surface area contributed by atoms with Gasteiger partial charge < -0.3 is 5.73 Å². The average Bonchev–Trinajstić information content (AvgIpc) is 2.65. The summed E-state index contributed by atoms with van der Waals surface area (Å²) in [5.41, 5.74) is 8.22. The summed E-state index contributed by atoms with van der Waals surface area (Å²) in [4.78, 5) is 12.3. The van der Waals surface area contributed by atoms with Crippen molar-refractivity contribution in [2.45, 2.75) is 70.2 Å². The van der Waals surface area contributed by atoms with Crippen molar-refractivity contribution in [2.75, 3.05) is 0 Å². The minimum atomic E-state index is -4.10. The van der Waals surface area contributed by atoms with Crippen molar-refractivity contribution >= 4 is 15.9 Å². The van der Waals surface area contributed by atoms with Gasteiger partial charge in [0.1, 0.15) is 11.9 Å². The minimum Gasteiger partial charge on any atom is -0.368 e. The van der Waals surface area contributed by atoms with Gasteiger partial charge in [-0.15, -0.1) is 0 Å². The van der Waals surface area contributed by atoms with E-state index in [0.29, 0.717) is 11.1 Å². The summed E-state index contributed by atoms with van der Waals surface area (Å²) in [6.45, 7) is 11.9. The first kappa shape index (κ1) is 24.0. The number of primary amides is 1. The van der Waals surface area contributed by atoms with Crippen molar-refractivity contribution < 1.29 is 17.6 Å². The predicted octanol–water partition coefficient (Wildman–Crippen LogP) is 4.70. The van der Waals surface area contributed by atoms with Gasteiger partial charge in [0.05, 0.1) is 4.90 Å². The molecule has 1 unspecified atom stereocenters. The Morgan fingerprint density at radius 3 is 1.70 bits per heavy atom. The third-order valence-corrected chi connectivity index (χ3v) is 6.66. The number of sulfonamides is 1. The van der Waals surface area contributed by atoms with E-state index < -0.39 is 27.8 Å². The monoisotopic (exact) mass is 434 g/mol. The van der Waals surface area contributed by atoms with Gasteiger partial charge in [0.25, 0.3) is 0 Å². The van der Waals surface area contributed by atoms with Crippen molar-refractivity contribution in [1.82, 2.24) is 4.72 Å². The minimum absolute atomic E-state index is 0.0503. The molecule has 0 aromatic heterocycles. The molecule has 7 heteroatoms. The maximum atomic E-state index is 13.5. The summed E-state index contributed by atoms with van der Waals surface area (Å²) >= 11 is 0. The molecule has 0 aliphatic heterocycles. The molecule has 0 aliphatic rings. The number of hydrogen-bond acceptors (Lipinski definition) is 3. The Bertz CT molecular complexity index is 984. The molecule has 2 aromatic rings. The molecule has 0 aliphatic carbocycles. The molecular weight excluding hydrogens is 403 g/mol. The SMILES string of the molecule is CC(C)c1cc(C(C)C)c(S(=O)(=O)NC(C(N)=O)c2ccc(F)cc2)c(C(C)C)c1. The van der Waals surface area contributed by atoms with Gasteiger partial charge in [0, 0.05) is 0 Å². The number of rotatable bonds is 8. The van der Waals surface area contributed by atoms with Crippen molar-refractivity contribution in [3.8, 4) is 0 Å². The Morgan fingerprint density at radius 2 is 1.33 bits per heavy atom. The van der Waals surface area contributed by atoms with Crippen LogP contribution in [0, 0.1) is 5.82 Å². The number of carbonyl (C=O) groups excluding carboxylic acids is 1. The van der Waals surface area contributed by atoms with E-state index in [1.54, 1.807) is 0 Å². The van der Waals surface area contributed by atoms with Crippen LogP contribution < -0.4 is 10.5 Å². The lowest BCUT2D eigenvalue weighted by Crippen LogP contribution is -2.38. The van der Waals surface area contributed by atoms with Crippen LogP contribution in [0.1, 0.15) is 87.6 Å². The molecule has 0 saturated heterocycles. The van der Waals surface area contributed by atoms with Gasteiger partial charge in [-0.25, -0.2) is 12.8 Å². The molecule has 0 spiro atoms. The Hall–Kier alpha value is -2.25. The molecule has 0 heterocycles. The average molecular weight is 435 g/mol. The predicted molar refractivity (Wildman–Crippen MR) is 117 cm³/mol. The second-order valence-corrected chi connectivity index (χ2v) is 10.2. The first-order valence-corrected chi connectivity index (χ1v) is 11.6. The lowest BCUT2D eigenvalue weighted by atomic mass is 9.89. The summed E-state index contributed by atoms with van der Waals surface area (Å²) in [6.07, 6.45) is 0. The zero-order valence-electron chi connectivity index (χ0n) is 18.4. The molecular formula is C23H31FN2O3S. The molecule has 2 aromatic carbocycles. The maximum absolute atomic E-state index is 13.5. The summed E-state index contributed by atoms with van der Waals surface area (Å²) in [5.74, 6) is -1.21. The zero-order valence-corrected chi connectivity index (χ0v) is 19.2. The normalized spacial score (nSPS) is 13.3. The van der Waals surface area contributed by atoms with Crippen LogP contribution in [0.15, 0.2) is 41.3 Å². The Kier molecular flexibility index (Phi) is 7.42. The maximum Gasteiger partial charge on any atom is 0.242 e. The second-order valence-electron chi connectivity index (χ2n) is 8.50. The van der Waals surface area contributed by atoms with Crippen LogP contribution in [0.5, 0.6) is 0 Å². The van der Waals surface area contributed by atoms with Gasteiger partial charge in [-0.05, 0) is 52.1 Å². The molecule has 164 valence electrons. The highest BCUT2D eigenvalue weighted by atomic mass is 32.2. The highest BCUT2D eigenvalue weighted by Crippen LogP contribution is 2.35. The van der Waals surface area contributed by atoms with E-state index in [2.05, 4.69) is 18.6 Å². The molecule has 30 heavy (non-hydrogen) atoms. The van der Waals surface area contributed by atoms with E-state index in [1.807, 2.05) is 39.8 Å². The molecule has 0 bridgehead atoms. The van der Waals surface area contributed by atoms with Crippen molar-refractivity contribution in [3.63, 3.8) is 0 Å². The fourth-order valence-electron chi connectivity index (χ4n) is 3.36. The van der Waals surface area contributed by atoms with Gasteiger partial charge in [0.2, 0.25) is 15.9 Å². The lowest BCUT2D eigenvalue weighted by molar-refractivity contribution is -0.119. The molecule has 1 atom stereocenters. The van der Waals surface area contributed by atoms with E-state index in [9.17, 15) is 17.6 Å². The molecule has 2 rings (SSSR count). The molecule has 0 fully saturated rings. The number of nitrogens with two attached hydrogens (primary N) is 1. The first-order chi connectivity index (χ1) is 13.8. The zero-order chi connectivity index (χ0) is 22.8. The molecule has 0 saturated carbocycles. The third-order valence-electron chi connectivity index (χ3n) is 5.11. The van der Waals surface area contributed by atoms with Crippen LogP contribution in [-0.4, -0.2) is 14.3 Å². The number of carbonyl (C=O) groups is 1. The van der Waals surface area contributed by atoms with Crippen molar-refractivity contribution in [1.29, 1.82) is 0 Å². The van der Waals surface area contributed by atoms with E-state index in [4.69, 9.17) is 5.73 Å². The van der Waals surface area contributed by atoms with E-state index in [-0.39, 0.29) is 28.2 Å². The second kappa shape index (κ2) is 9.27. The Balaban J connectivity index is 2.67. The van der Waals surface area contributed by atoms with Gasteiger partial charge >= 0.3 is 0 Å². The fourth-order valence-corrected chi connectivity index (χ4v) is 5.25. The highest BCUT2D eigenvalue weighted by Gasteiger charge is 2.31. The fraction of sp³-hybridized carbons (Fsp3) is 0.435. The largest absolute Gasteiger partial charge is 0.368 e. The topological polar surface area (TPSA) is 89.3 Å². The number of benzene rings is 2. The number of nitrogens with one attached hydrogen (secondary N) is 1. The molecule has 3 N–H and O–H groups in total. The van der Waals surface area contributed by atoms with E-state index in [0.717, 1.165) is 17.7 Å². The lowest BCUT2D eigenvalue weighted by Gasteiger charge is -2.24. The quantitative estimate of drug-likeness (QED) is 0.631. The summed E-state index contributed by atoms with van der Waals surface area (Å²) in [7, 11) is -4.10. The van der Waals surface area contributed by atoms with Crippen LogP contribution in [0.4, 0.5) is 4.39 Å². The van der Waals surface area contributed by atoms with E-state index in [1.165, 1.54) is 12.1 Å². The Morgan fingerprint density at radius 1 is 0.867 bits per heavy atom. The van der Waals surface area contributed by atoms with Gasteiger partial charge in [-0.2, -0.15) is 4.72 Å². The summed E-state index contributed by atoms with van der Waals surface area (Å²) in [6, 6.07) is 7.57. The van der Waals surface area contributed by atoms with Crippen LogP contribution >= 0.6 is 0 Å². The number of hydrogen-bond donors (Lipinski definition) is 2. The third kappa shape index (κ3) is 5.26. The van der Waals surface area contributed by atoms with Gasteiger partial charge in [-0.3, -0.25) is 4.79 Å². The van der Waals surface area contributed by atoms with Crippen LogP contribution in [-0.2, 0) is 14.8 Å². The number of amides is 1. The van der Waals surface area contributed by atoms with Crippen molar-refractivity contribution in [2.24, 2.45) is 5.73 Å². The molecule has 0 radical (unpaired) electrons. The standard InChI is InChI=1S/C23H31FN2O3S/c1-13(2)17-11-19(14(3)4)22(20(12-17)15(5)6)30(28,29)26-21(23(25)27)16-7-9-18(24)10-8-16/h7-15,21,26H,1-6H3,(H2,25,27). The highest BCUT2D eigenvalue weighted by molar-refractivity contribution is 7.89. The van der Waals surface area contributed by atoms with Crippen LogP contribution in [0.25, 0.3) is 0 Å². The first-order valence-electron chi connectivity index (χ1n) is 10.1. The molecule has 5 nitrogen and oxygen atoms in total. The van der Waals surface area contributed by atoms with Crippen LogP contribution in [0.3, 0.4) is 0 Å². The molecule has 1 amide bonds. The number of halogens is 1. The van der Waals surface area contributed by atoms with Crippen molar-refractivity contribution in [3.05, 3.63) is 64.5 Å².